The van der Waals surface area contributed by atoms with Gasteiger partial charge in [-0.25, -0.2) is 0 Å². The van der Waals surface area contributed by atoms with Crippen molar-refractivity contribution in [2.24, 2.45) is 0 Å². The van der Waals surface area contributed by atoms with E-state index in [1.54, 1.807) is 0 Å². The number of nitrogens with zero attached hydrogens (tertiary/aromatic N) is 1. The molecule has 1 aliphatic rings. The molecular weight excluding hydrogens is 250 g/mol. The predicted molar refractivity (Wildman–Crippen MR) is 81.7 cm³/mol. The van der Waals surface area contributed by atoms with Crippen molar-refractivity contribution < 1.29 is 4.79 Å². The van der Waals surface area contributed by atoms with Gasteiger partial charge in [0.1, 0.15) is 6.04 Å². The third-order valence-electron chi connectivity index (χ3n) is 4.28. The highest BCUT2D eigenvalue weighted by Gasteiger charge is 2.28. The smallest absolute Gasteiger partial charge is 0.241 e. The van der Waals surface area contributed by atoms with Crippen molar-refractivity contribution in [3.63, 3.8) is 0 Å². The van der Waals surface area contributed by atoms with Gasteiger partial charge in [-0.3, -0.25) is 4.79 Å². The zero-order valence-electron chi connectivity index (χ0n) is 12.9. The zero-order valence-corrected chi connectivity index (χ0v) is 12.9. The van der Waals surface area contributed by atoms with Crippen molar-refractivity contribution >= 4 is 5.91 Å². The minimum atomic E-state index is -0.224. The number of rotatable bonds is 4. The lowest BCUT2D eigenvalue weighted by Gasteiger charge is -2.34. The second-order valence-electron chi connectivity index (χ2n) is 6.26. The average molecular weight is 275 g/mol. The quantitative estimate of drug-likeness (QED) is 0.871. The Hall–Kier alpha value is -1.39. The van der Waals surface area contributed by atoms with Crippen LogP contribution in [0, 0.1) is 0 Å². The second-order valence-corrected chi connectivity index (χ2v) is 6.26. The van der Waals surface area contributed by atoms with Gasteiger partial charge in [-0.2, -0.15) is 0 Å². The zero-order chi connectivity index (χ0) is 14.8. The number of hydrogen-bond acceptors (Lipinski definition) is 3. The molecule has 4 nitrogen and oxygen atoms in total. The molecule has 1 atom stereocenters. The lowest BCUT2D eigenvalue weighted by molar-refractivity contribution is -0.124. The summed E-state index contributed by atoms with van der Waals surface area (Å²) < 4.78 is 0. The van der Waals surface area contributed by atoms with Gasteiger partial charge < -0.3 is 15.5 Å². The van der Waals surface area contributed by atoms with Gasteiger partial charge >= 0.3 is 0 Å². The molecule has 0 saturated carbocycles. The van der Waals surface area contributed by atoms with E-state index >= 15 is 0 Å². The van der Waals surface area contributed by atoms with E-state index in [1.807, 2.05) is 32.3 Å². The lowest BCUT2D eigenvalue weighted by Crippen LogP contribution is -2.50. The largest absolute Gasteiger partial charge is 0.353 e. The summed E-state index contributed by atoms with van der Waals surface area (Å²) in [4.78, 5) is 14.6. The Morgan fingerprint density at radius 2 is 2.10 bits per heavy atom. The fraction of sp³-hybridized carbons (Fsp3) is 0.562. The van der Waals surface area contributed by atoms with Crippen molar-refractivity contribution in [2.75, 3.05) is 27.2 Å². The molecule has 0 saturated heterocycles. The molecule has 0 fully saturated rings. The number of benzene rings is 1. The summed E-state index contributed by atoms with van der Waals surface area (Å²) in [6.07, 6.45) is 0.989. The summed E-state index contributed by atoms with van der Waals surface area (Å²) in [5, 5.41) is 6.39. The molecule has 1 aromatic carbocycles. The molecule has 2 N–H and O–H groups in total. The van der Waals surface area contributed by atoms with Crippen LogP contribution in [0.2, 0.25) is 0 Å². The minimum absolute atomic E-state index is 0.0517. The van der Waals surface area contributed by atoms with E-state index in [4.69, 9.17) is 0 Å². The number of nitrogens with one attached hydrogen (secondary N) is 2. The van der Waals surface area contributed by atoms with Crippen LogP contribution in [0.15, 0.2) is 24.3 Å². The summed E-state index contributed by atoms with van der Waals surface area (Å²) in [5.74, 6) is 0.0621. The van der Waals surface area contributed by atoms with E-state index in [0.717, 1.165) is 18.5 Å². The van der Waals surface area contributed by atoms with Crippen molar-refractivity contribution in [1.29, 1.82) is 0 Å². The van der Waals surface area contributed by atoms with Gasteiger partial charge in [-0.15, -0.1) is 0 Å². The van der Waals surface area contributed by atoms with E-state index in [2.05, 4.69) is 35.4 Å². The van der Waals surface area contributed by atoms with E-state index in [0.29, 0.717) is 6.54 Å². The van der Waals surface area contributed by atoms with Crippen LogP contribution in [-0.4, -0.2) is 43.5 Å². The Balaban J connectivity index is 2.04. The molecule has 1 heterocycles. The molecule has 2 rings (SSSR count). The van der Waals surface area contributed by atoms with Gasteiger partial charge in [0.2, 0.25) is 5.91 Å². The highest BCUT2D eigenvalue weighted by molar-refractivity contribution is 5.84. The van der Waals surface area contributed by atoms with Crippen LogP contribution >= 0.6 is 0 Å². The van der Waals surface area contributed by atoms with Gasteiger partial charge in [-0.05, 0) is 45.5 Å². The van der Waals surface area contributed by atoms with Gasteiger partial charge in [0.15, 0.2) is 0 Å². The number of carbonyl (C=O) groups excluding carboxylic acids is 1. The maximum atomic E-state index is 12.4. The molecule has 0 aliphatic carbocycles. The molecule has 4 heteroatoms. The number of amides is 1. The first-order valence-electron chi connectivity index (χ1n) is 7.18. The molecule has 1 aliphatic heterocycles. The first-order chi connectivity index (χ1) is 9.42. The molecule has 0 bridgehead atoms. The van der Waals surface area contributed by atoms with Crippen LogP contribution < -0.4 is 10.6 Å². The molecule has 1 amide bonds. The molecule has 110 valence electrons. The maximum Gasteiger partial charge on any atom is 0.241 e. The SMILES string of the molecule is CN(C)C(C)(C)CNC(=O)C1NCCc2ccccc21. The number of likely N-dealkylation sites (N-methyl/N-ethyl adjacent to an activating group) is 1. The number of hydrogen-bond donors (Lipinski definition) is 2. The summed E-state index contributed by atoms with van der Waals surface area (Å²) in [7, 11) is 4.06. The van der Waals surface area contributed by atoms with E-state index < -0.39 is 0 Å². The van der Waals surface area contributed by atoms with E-state index in [1.165, 1.54) is 5.56 Å². The van der Waals surface area contributed by atoms with Crippen LogP contribution in [0.25, 0.3) is 0 Å². The first-order valence-corrected chi connectivity index (χ1v) is 7.18. The normalized spacial score (nSPS) is 18.8. The Labute approximate surface area is 121 Å². The van der Waals surface area contributed by atoms with Crippen molar-refractivity contribution in [2.45, 2.75) is 31.8 Å². The molecule has 0 spiro atoms. The Bertz CT molecular complexity index is 482. The summed E-state index contributed by atoms with van der Waals surface area (Å²) in [6, 6.07) is 7.96. The van der Waals surface area contributed by atoms with Crippen molar-refractivity contribution in [3.05, 3.63) is 35.4 Å². The topological polar surface area (TPSA) is 44.4 Å². The average Bonchev–Trinajstić information content (AvgIpc) is 2.44. The molecule has 1 aromatic rings. The summed E-state index contributed by atoms with van der Waals surface area (Å²) in [5.41, 5.74) is 2.33. The Kier molecular flexibility index (Phi) is 4.45. The van der Waals surface area contributed by atoms with Gasteiger partial charge in [0, 0.05) is 18.6 Å². The fourth-order valence-electron chi connectivity index (χ4n) is 2.30. The number of carbonyl (C=O) groups is 1. The predicted octanol–water partition coefficient (Wildman–Crippen LogP) is 1.33. The lowest BCUT2D eigenvalue weighted by atomic mass is 9.93. The van der Waals surface area contributed by atoms with Gasteiger partial charge in [-0.1, -0.05) is 24.3 Å². The number of fused-ring (bicyclic) bond motifs is 1. The monoisotopic (exact) mass is 275 g/mol. The molecule has 1 unspecified atom stereocenters. The van der Waals surface area contributed by atoms with E-state index in [-0.39, 0.29) is 17.5 Å². The van der Waals surface area contributed by atoms with Gasteiger partial charge in [0.05, 0.1) is 0 Å². The standard InChI is InChI=1S/C16H25N3O/c1-16(2,19(3)4)11-18-15(20)14-13-8-6-5-7-12(13)9-10-17-14/h5-8,14,17H,9-11H2,1-4H3,(H,18,20). The third kappa shape index (κ3) is 3.19. The first kappa shape index (κ1) is 15.0. The van der Waals surface area contributed by atoms with Crippen LogP contribution in [0.1, 0.15) is 31.0 Å². The van der Waals surface area contributed by atoms with Crippen LogP contribution in [0.5, 0.6) is 0 Å². The Morgan fingerprint density at radius 3 is 2.80 bits per heavy atom. The molecule has 0 aromatic heterocycles. The van der Waals surface area contributed by atoms with Gasteiger partial charge in [0.25, 0.3) is 0 Å². The van der Waals surface area contributed by atoms with Crippen LogP contribution in [-0.2, 0) is 11.2 Å². The van der Waals surface area contributed by atoms with E-state index in [9.17, 15) is 4.79 Å². The highest BCUT2D eigenvalue weighted by atomic mass is 16.2. The van der Waals surface area contributed by atoms with Crippen molar-refractivity contribution in [1.82, 2.24) is 15.5 Å². The molecule has 0 radical (unpaired) electrons. The Morgan fingerprint density at radius 1 is 1.40 bits per heavy atom. The highest BCUT2D eigenvalue weighted by Crippen LogP contribution is 2.22. The van der Waals surface area contributed by atoms with Crippen molar-refractivity contribution in [3.8, 4) is 0 Å². The second kappa shape index (κ2) is 5.94. The van der Waals surface area contributed by atoms with Crippen LogP contribution in [0.4, 0.5) is 0 Å². The molecule has 20 heavy (non-hydrogen) atoms. The summed E-state index contributed by atoms with van der Waals surface area (Å²) >= 11 is 0. The maximum absolute atomic E-state index is 12.4. The summed E-state index contributed by atoms with van der Waals surface area (Å²) in [6.45, 7) is 5.73. The molecular formula is C16H25N3O. The minimum Gasteiger partial charge on any atom is -0.353 e. The fourth-order valence-corrected chi connectivity index (χ4v) is 2.30. The third-order valence-corrected chi connectivity index (χ3v) is 4.28. The van der Waals surface area contributed by atoms with Crippen LogP contribution in [0.3, 0.4) is 0 Å².